The molecule has 0 unspecified atom stereocenters. The molecule has 1 N–H and O–H groups in total. The standard InChI is InChI=1S/C14H12N4O2/c1-8-13(14(19)20)9(2)18(17-8)12-7-15-10-5-3-4-6-11(10)16-12/h3-7H,1-2H3,(H,19,20). The van der Waals surface area contributed by atoms with Crippen molar-refractivity contribution in [2.24, 2.45) is 0 Å². The number of carbonyl (C=O) groups is 1. The van der Waals surface area contributed by atoms with Crippen LogP contribution in [0.25, 0.3) is 16.9 Å². The van der Waals surface area contributed by atoms with Crippen molar-refractivity contribution in [3.63, 3.8) is 0 Å². The van der Waals surface area contributed by atoms with Crippen LogP contribution in [0.3, 0.4) is 0 Å². The topological polar surface area (TPSA) is 80.9 Å². The van der Waals surface area contributed by atoms with E-state index in [1.54, 1.807) is 20.0 Å². The van der Waals surface area contributed by atoms with Gasteiger partial charge in [-0.15, -0.1) is 0 Å². The number of nitrogens with zero attached hydrogens (tertiary/aromatic N) is 4. The Bertz CT molecular complexity index is 823. The summed E-state index contributed by atoms with van der Waals surface area (Å²) >= 11 is 0. The van der Waals surface area contributed by atoms with Crippen LogP contribution in [0.2, 0.25) is 0 Å². The van der Waals surface area contributed by atoms with Gasteiger partial charge in [-0.1, -0.05) is 12.1 Å². The van der Waals surface area contributed by atoms with Gasteiger partial charge in [-0.3, -0.25) is 4.98 Å². The number of aromatic nitrogens is 4. The first-order valence-electron chi connectivity index (χ1n) is 6.09. The van der Waals surface area contributed by atoms with Gasteiger partial charge >= 0.3 is 5.97 Å². The first-order chi connectivity index (χ1) is 9.58. The van der Waals surface area contributed by atoms with Gasteiger partial charge in [0.25, 0.3) is 0 Å². The summed E-state index contributed by atoms with van der Waals surface area (Å²) in [5.41, 5.74) is 2.75. The summed E-state index contributed by atoms with van der Waals surface area (Å²) in [6.45, 7) is 3.38. The second kappa shape index (κ2) is 4.41. The highest BCUT2D eigenvalue weighted by molar-refractivity contribution is 5.90. The quantitative estimate of drug-likeness (QED) is 0.770. The molecule has 0 aliphatic rings. The van der Waals surface area contributed by atoms with Gasteiger partial charge in [-0.25, -0.2) is 14.5 Å². The molecule has 1 aromatic carbocycles. The number of hydrogen-bond donors (Lipinski definition) is 1. The van der Waals surface area contributed by atoms with Crippen molar-refractivity contribution in [3.05, 3.63) is 47.4 Å². The van der Waals surface area contributed by atoms with E-state index in [9.17, 15) is 9.90 Å². The molecule has 6 heteroatoms. The lowest BCUT2D eigenvalue weighted by Crippen LogP contribution is -2.05. The molecule has 20 heavy (non-hydrogen) atoms. The van der Waals surface area contributed by atoms with Crippen LogP contribution in [0.4, 0.5) is 0 Å². The van der Waals surface area contributed by atoms with Crippen LogP contribution < -0.4 is 0 Å². The lowest BCUT2D eigenvalue weighted by atomic mass is 10.2. The van der Waals surface area contributed by atoms with Gasteiger partial charge in [0.15, 0.2) is 5.82 Å². The number of carboxylic acid groups (broad SMARTS) is 1. The smallest absolute Gasteiger partial charge is 0.339 e. The summed E-state index contributed by atoms with van der Waals surface area (Å²) in [5.74, 6) is -0.475. The first kappa shape index (κ1) is 12.3. The number of fused-ring (bicyclic) bond motifs is 1. The SMILES string of the molecule is Cc1nn(-c2cnc3ccccc3n2)c(C)c1C(=O)O. The van der Waals surface area contributed by atoms with Crippen molar-refractivity contribution in [3.8, 4) is 5.82 Å². The molecule has 2 aromatic heterocycles. The highest BCUT2D eigenvalue weighted by atomic mass is 16.4. The monoisotopic (exact) mass is 268 g/mol. The van der Waals surface area contributed by atoms with Crippen molar-refractivity contribution in [2.75, 3.05) is 0 Å². The fourth-order valence-electron chi connectivity index (χ4n) is 2.22. The maximum atomic E-state index is 11.2. The minimum atomic E-state index is -0.986. The minimum Gasteiger partial charge on any atom is -0.478 e. The molecule has 100 valence electrons. The van der Waals surface area contributed by atoms with Gasteiger partial charge in [0.2, 0.25) is 0 Å². The van der Waals surface area contributed by atoms with Crippen molar-refractivity contribution in [1.82, 2.24) is 19.7 Å². The molecule has 0 saturated carbocycles. The molecule has 0 amide bonds. The third-order valence-corrected chi connectivity index (χ3v) is 3.16. The molecular formula is C14H12N4O2. The second-order valence-corrected chi connectivity index (χ2v) is 4.48. The fourth-order valence-corrected chi connectivity index (χ4v) is 2.22. The summed E-state index contributed by atoms with van der Waals surface area (Å²) in [5, 5.41) is 13.4. The highest BCUT2D eigenvalue weighted by Gasteiger charge is 2.19. The van der Waals surface area contributed by atoms with Gasteiger partial charge in [0, 0.05) is 0 Å². The molecule has 0 aliphatic carbocycles. The van der Waals surface area contributed by atoms with Gasteiger partial charge in [-0.2, -0.15) is 5.10 Å². The largest absolute Gasteiger partial charge is 0.478 e. The fraction of sp³-hybridized carbons (Fsp3) is 0.143. The van der Waals surface area contributed by atoms with Crippen LogP contribution in [0.15, 0.2) is 30.5 Å². The predicted octanol–water partition coefficient (Wildman–Crippen LogP) is 2.13. The Hall–Kier alpha value is -2.76. The Morgan fingerprint density at radius 2 is 1.90 bits per heavy atom. The number of aromatic carboxylic acids is 1. The van der Waals surface area contributed by atoms with Crippen molar-refractivity contribution in [1.29, 1.82) is 0 Å². The number of carboxylic acids is 1. The van der Waals surface area contributed by atoms with E-state index in [4.69, 9.17) is 0 Å². The van der Waals surface area contributed by atoms with Gasteiger partial charge < -0.3 is 5.11 Å². The maximum absolute atomic E-state index is 11.2. The average Bonchev–Trinajstić information content (AvgIpc) is 2.73. The van der Waals surface area contributed by atoms with Crippen molar-refractivity contribution in [2.45, 2.75) is 13.8 Å². The zero-order valence-electron chi connectivity index (χ0n) is 11.0. The van der Waals surface area contributed by atoms with E-state index in [0.717, 1.165) is 11.0 Å². The number of rotatable bonds is 2. The maximum Gasteiger partial charge on any atom is 0.339 e. The van der Waals surface area contributed by atoms with E-state index in [0.29, 0.717) is 17.2 Å². The van der Waals surface area contributed by atoms with E-state index >= 15 is 0 Å². The van der Waals surface area contributed by atoms with Crippen LogP contribution >= 0.6 is 0 Å². The molecule has 0 bridgehead atoms. The van der Waals surface area contributed by atoms with Crippen LogP contribution in [-0.4, -0.2) is 30.8 Å². The molecule has 0 atom stereocenters. The molecule has 2 heterocycles. The normalized spacial score (nSPS) is 10.9. The third-order valence-electron chi connectivity index (χ3n) is 3.16. The van der Waals surface area contributed by atoms with Crippen LogP contribution in [-0.2, 0) is 0 Å². The molecule has 3 rings (SSSR count). The van der Waals surface area contributed by atoms with Gasteiger partial charge in [-0.05, 0) is 26.0 Å². The van der Waals surface area contributed by atoms with Crippen molar-refractivity contribution < 1.29 is 9.90 Å². The lowest BCUT2D eigenvalue weighted by molar-refractivity contribution is 0.0695. The van der Waals surface area contributed by atoms with Gasteiger partial charge in [0.1, 0.15) is 5.56 Å². The molecule has 0 aliphatic heterocycles. The lowest BCUT2D eigenvalue weighted by Gasteiger charge is -2.04. The summed E-state index contributed by atoms with van der Waals surface area (Å²) in [6, 6.07) is 7.50. The molecule has 0 spiro atoms. The second-order valence-electron chi connectivity index (χ2n) is 4.48. The number of hydrogen-bond acceptors (Lipinski definition) is 4. The molecule has 0 saturated heterocycles. The molecular weight excluding hydrogens is 256 g/mol. The van der Waals surface area contributed by atoms with E-state index in [1.807, 2.05) is 24.3 Å². The van der Waals surface area contributed by atoms with E-state index in [-0.39, 0.29) is 5.56 Å². The molecule has 0 fully saturated rings. The number of para-hydroxylation sites is 2. The number of benzene rings is 1. The van der Waals surface area contributed by atoms with Gasteiger partial charge in [0.05, 0.1) is 28.6 Å². The molecule has 0 radical (unpaired) electrons. The predicted molar refractivity (Wildman–Crippen MR) is 73.1 cm³/mol. The first-order valence-corrected chi connectivity index (χ1v) is 6.09. The van der Waals surface area contributed by atoms with E-state index < -0.39 is 5.97 Å². The third kappa shape index (κ3) is 1.82. The Kier molecular flexibility index (Phi) is 2.71. The minimum absolute atomic E-state index is 0.208. The van der Waals surface area contributed by atoms with Crippen LogP contribution in [0, 0.1) is 13.8 Å². The average molecular weight is 268 g/mol. The summed E-state index contributed by atoms with van der Waals surface area (Å²) in [4.78, 5) is 20.0. The summed E-state index contributed by atoms with van der Waals surface area (Å²) in [7, 11) is 0. The highest BCUT2D eigenvalue weighted by Crippen LogP contribution is 2.18. The van der Waals surface area contributed by atoms with E-state index in [1.165, 1.54) is 4.68 Å². The Morgan fingerprint density at radius 1 is 1.20 bits per heavy atom. The summed E-state index contributed by atoms with van der Waals surface area (Å²) in [6.07, 6.45) is 1.59. The Labute approximate surface area is 114 Å². The van der Waals surface area contributed by atoms with Crippen LogP contribution in [0.5, 0.6) is 0 Å². The zero-order valence-corrected chi connectivity index (χ0v) is 11.0. The zero-order chi connectivity index (χ0) is 14.3. The van der Waals surface area contributed by atoms with Crippen LogP contribution in [0.1, 0.15) is 21.7 Å². The molecule has 3 aromatic rings. The van der Waals surface area contributed by atoms with Crippen molar-refractivity contribution >= 4 is 17.0 Å². The number of aryl methyl sites for hydroxylation is 1. The molecule has 6 nitrogen and oxygen atoms in total. The Morgan fingerprint density at radius 3 is 2.55 bits per heavy atom. The Balaban J connectivity index is 2.21. The van der Waals surface area contributed by atoms with E-state index in [2.05, 4.69) is 15.1 Å². The summed E-state index contributed by atoms with van der Waals surface area (Å²) < 4.78 is 1.51.